The first-order valence-corrected chi connectivity index (χ1v) is 7.27. The van der Waals surface area contributed by atoms with Crippen LogP contribution in [-0.4, -0.2) is 0 Å². The van der Waals surface area contributed by atoms with Gasteiger partial charge in [0.2, 0.25) is 0 Å². The first-order valence-electron chi connectivity index (χ1n) is 3.22. The van der Waals surface area contributed by atoms with Crippen molar-refractivity contribution in [3.63, 3.8) is 0 Å². The minimum Gasteiger partial charge on any atom is -0.144 e. The van der Waals surface area contributed by atoms with Crippen LogP contribution in [0.15, 0.2) is 18.2 Å². The number of hydrogen-bond donors (Lipinski definition) is 0. The highest BCUT2D eigenvalue weighted by molar-refractivity contribution is 9.28. The average molecular weight is 452 g/mol. The molecule has 13 heavy (non-hydrogen) atoms. The molecule has 0 atom stereocenters. The Kier molecular flexibility index (Phi) is 5.48. The maximum atomic E-state index is 3.34. The number of hydrogen-bond acceptors (Lipinski definition) is 1. The van der Waals surface area contributed by atoms with Crippen molar-refractivity contribution in [1.29, 1.82) is 0 Å². The van der Waals surface area contributed by atoms with Gasteiger partial charge < -0.3 is 0 Å². The molecule has 0 radical (unpaired) electrons. The summed E-state index contributed by atoms with van der Waals surface area (Å²) in [4.78, 5) is 1.21. The zero-order valence-electron chi connectivity index (χ0n) is 6.23. The summed E-state index contributed by atoms with van der Waals surface area (Å²) in [5, 5.41) is 2.06. The Hall–Kier alpha value is 1.10. The Morgan fingerprint density at radius 1 is 1.08 bits per heavy atom. The fraction of sp³-hybridized carbons (Fsp3) is 0. The molecule has 0 amide bonds. The Morgan fingerprint density at radius 3 is 2.23 bits per heavy atom. The van der Waals surface area contributed by atoms with E-state index in [2.05, 4.69) is 75.2 Å². The summed E-state index contributed by atoms with van der Waals surface area (Å²) < 4.78 is 1.89. The molecular weight excluding hydrogens is 448 g/mol. The highest BCUT2D eigenvalue weighted by Crippen LogP contribution is 2.28. The summed E-state index contributed by atoms with van der Waals surface area (Å²) in [7, 11) is 0. The molecule has 0 aromatic carbocycles. The van der Waals surface area contributed by atoms with Gasteiger partial charge in [0.25, 0.3) is 0 Å². The van der Waals surface area contributed by atoms with Crippen LogP contribution < -0.4 is 0 Å². The van der Waals surface area contributed by atoms with Crippen LogP contribution in [0.2, 0.25) is 0 Å². The van der Waals surface area contributed by atoms with Crippen molar-refractivity contribution in [2.24, 2.45) is 0 Å². The first kappa shape index (κ1) is 12.2. The second kappa shape index (κ2) is 5.85. The van der Waals surface area contributed by atoms with Gasteiger partial charge in [-0.3, -0.25) is 0 Å². The summed E-state index contributed by atoms with van der Waals surface area (Å²) in [5.74, 6) is 0. The van der Waals surface area contributed by atoms with E-state index in [0.29, 0.717) is 0 Å². The Morgan fingerprint density at radius 2 is 1.69 bits per heavy atom. The third kappa shape index (κ3) is 4.42. The second-order valence-corrected chi connectivity index (χ2v) is 8.60. The molecule has 0 bridgehead atoms. The molecule has 0 unspecified atom stereocenters. The SMILES string of the molecule is BrC(Br)=Cc1ccsc1C=C(Br)Br. The molecule has 1 aromatic heterocycles. The molecule has 0 N–H and O–H groups in total. The minimum absolute atomic E-state index is 0.943. The van der Waals surface area contributed by atoms with Crippen LogP contribution in [0, 0.1) is 0 Å². The van der Waals surface area contributed by atoms with E-state index >= 15 is 0 Å². The van der Waals surface area contributed by atoms with Gasteiger partial charge in [-0.25, -0.2) is 0 Å². The fourth-order valence-electron chi connectivity index (χ4n) is 0.784. The quantitative estimate of drug-likeness (QED) is 0.523. The highest BCUT2D eigenvalue weighted by atomic mass is 79.9. The van der Waals surface area contributed by atoms with Crippen molar-refractivity contribution in [1.82, 2.24) is 0 Å². The molecule has 1 heterocycles. The van der Waals surface area contributed by atoms with Crippen molar-refractivity contribution in [3.05, 3.63) is 28.7 Å². The van der Waals surface area contributed by atoms with Crippen LogP contribution in [0.5, 0.6) is 0 Å². The molecule has 0 nitrogen and oxygen atoms in total. The molecule has 0 aliphatic rings. The Labute approximate surface area is 115 Å². The van der Waals surface area contributed by atoms with E-state index in [1.807, 2.05) is 12.2 Å². The van der Waals surface area contributed by atoms with Crippen LogP contribution in [0.25, 0.3) is 12.2 Å². The lowest BCUT2D eigenvalue weighted by atomic mass is 10.2. The zero-order chi connectivity index (χ0) is 9.84. The molecule has 0 aliphatic carbocycles. The maximum Gasteiger partial charge on any atom is 0.0618 e. The topological polar surface area (TPSA) is 0 Å². The van der Waals surface area contributed by atoms with Gasteiger partial charge in [0.15, 0.2) is 0 Å². The number of halogens is 4. The van der Waals surface area contributed by atoms with Gasteiger partial charge in [-0.05, 0) is 92.9 Å². The maximum absolute atomic E-state index is 3.34. The molecule has 70 valence electrons. The molecule has 5 heteroatoms. The van der Waals surface area contributed by atoms with Crippen molar-refractivity contribution in [3.8, 4) is 0 Å². The van der Waals surface area contributed by atoms with Gasteiger partial charge >= 0.3 is 0 Å². The summed E-state index contributed by atoms with van der Waals surface area (Å²) in [5.41, 5.74) is 1.19. The van der Waals surface area contributed by atoms with E-state index in [0.717, 1.165) is 6.78 Å². The summed E-state index contributed by atoms with van der Waals surface area (Å²) in [6.45, 7) is 0. The largest absolute Gasteiger partial charge is 0.144 e. The van der Waals surface area contributed by atoms with E-state index in [-0.39, 0.29) is 0 Å². The summed E-state index contributed by atoms with van der Waals surface area (Å²) >= 11 is 15.0. The van der Waals surface area contributed by atoms with Gasteiger partial charge in [-0.2, -0.15) is 0 Å². The fourth-order valence-corrected chi connectivity index (χ4v) is 2.85. The predicted octanol–water partition coefficient (Wildman–Crippen LogP) is 5.92. The molecule has 1 aromatic rings. The smallest absolute Gasteiger partial charge is 0.0618 e. The van der Waals surface area contributed by atoms with Crippen LogP contribution in [-0.2, 0) is 0 Å². The molecule has 0 aliphatic heterocycles. The number of thiophene rings is 1. The molecule has 0 saturated carbocycles. The van der Waals surface area contributed by atoms with E-state index < -0.39 is 0 Å². The molecule has 0 fully saturated rings. The predicted molar refractivity (Wildman–Crippen MR) is 76.0 cm³/mol. The van der Waals surface area contributed by atoms with Gasteiger partial charge in [-0.15, -0.1) is 11.3 Å². The molecule has 1 rings (SSSR count). The number of rotatable bonds is 2. The van der Waals surface area contributed by atoms with Gasteiger partial charge in [0.1, 0.15) is 0 Å². The zero-order valence-corrected chi connectivity index (χ0v) is 13.4. The summed E-state index contributed by atoms with van der Waals surface area (Å²) in [6, 6.07) is 2.07. The average Bonchev–Trinajstić information content (AvgIpc) is 2.34. The van der Waals surface area contributed by atoms with Crippen molar-refractivity contribution in [2.45, 2.75) is 0 Å². The standard InChI is InChI=1S/C8H4Br4S/c9-7(10)3-5-1-2-13-6(5)4-8(11)12/h1-4H. The van der Waals surface area contributed by atoms with E-state index in [9.17, 15) is 0 Å². The van der Waals surface area contributed by atoms with Crippen molar-refractivity contribution in [2.75, 3.05) is 0 Å². The van der Waals surface area contributed by atoms with E-state index in [4.69, 9.17) is 0 Å². The lowest BCUT2D eigenvalue weighted by molar-refractivity contribution is 1.84. The lowest BCUT2D eigenvalue weighted by Crippen LogP contribution is -1.69. The van der Waals surface area contributed by atoms with Crippen molar-refractivity contribution < 1.29 is 0 Å². The van der Waals surface area contributed by atoms with Crippen molar-refractivity contribution >= 4 is 87.2 Å². The Balaban J connectivity index is 3.03. The minimum atomic E-state index is 0.943. The van der Waals surface area contributed by atoms with E-state index in [1.54, 1.807) is 11.3 Å². The molecule has 0 spiro atoms. The molecule has 0 saturated heterocycles. The lowest BCUT2D eigenvalue weighted by Gasteiger charge is -1.91. The van der Waals surface area contributed by atoms with E-state index in [1.165, 1.54) is 10.4 Å². The Bertz CT molecular complexity index is 310. The normalized spacial score (nSPS) is 9.54. The van der Waals surface area contributed by atoms with Gasteiger partial charge in [0.05, 0.1) is 6.78 Å². The highest BCUT2D eigenvalue weighted by Gasteiger charge is 1.99. The van der Waals surface area contributed by atoms with Gasteiger partial charge in [-0.1, -0.05) is 0 Å². The van der Waals surface area contributed by atoms with Crippen LogP contribution >= 0.6 is 75.1 Å². The third-order valence-electron chi connectivity index (χ3n) is 1.23. The van der Waals surface area contributed by atoms with Crippen LogP contribution in [0.1, 0.15) is 10.4 Å². The second-order valence-electron chi connectivity index (χ2n) is 2.11. The van der Waals surface area contributed by atoms with Crippen LogP contribution in [0.3, 0.4) is 0 Å². The summed E-state index contributed by atoms with van der Waals surface area (Å²) in [6.07, 6.45) is 4.05. The molecular formula is C8H4Br4S. The van der Waals surface area contributed by atoms with Gasteiger partial charge in [0, 0.05) is 4.88 Å². The monoisotopic (exact) mass is 448 g/mol. The van der Waals surface area contributed by atoms with Crippen LogP contribution in [0.4, 0.5) is 0 Å². The third-order valence-corrected chi connectivity index (χ3v) is 3.03. The first-order chi connectivity index (χ1) is 6.09.